The molecular weight excluding hydrogens is 372 g/mol. The predicted molar refractivity (Wildman–Crippen MR) is 97.2 cm³/mol. The fraction of sp³-hybridized carbons (Fsp3) is 0.353. The maximum atomic E-state index is 13.0. The predicted octanol–water partition coefficient (Wildman–Crippen LogP) is 3.34. The largest absolute Gasteiger partial charge is 0.418 e. The number of hydrogen-bond donors (Lipinski definition) is 0. The van der Waals surface area contributed by atoms with E-state index in [0.717, 1.165) is 22.6 Å². The Hall–Kier alpha value is -2.10. The van der Waals surface area contributed by atoms with Gasteiger partial charge in [-0.15, -0.1) is 21.5 Å². The van der Waals surface area contributed by atoms with Gasteiger partial charge in [0.25, 0.3) is 5.89 Å². The van der Waals surface area contributed by atoms with E-state index >= 15 is 0 Å². The number of hydrogen-bond acceptors (Lipinski definition) is 7. The fourth-order valence-corrected chi connectivity index (χ4v) is 5.46. The average molecular weight is 390 g/mol. The molecule has 0 radical (unpaired) electrons. The summed E-state index contributed by atoms with van der Waals surface area (Å²) in [5.41, 5.74) is 3.56. The van der Waals surface area contributed by atoms with Crippen LogP contribution in [0, 0.1) is 13.8 Å². The minimum absolute atomic E-state index is 0.285. The van der Waals surface area contributed by atoms with Crippen LogP contribution < -0.4 is 0 Å². The highest BCUT2D eigenvalue weighted by molar-refractivity contribution is 7.89. The minimum atomic E-state index is -3.61. The van der Waals surface area contributed by atoms with E-state index in [2.05, 4.69) is 15.2 Å². The van der Waals surface area contributed by atoms with Gasteiger partial charge in [-0.05, 0) is 38.8 Å². The molecule has 0 spiro atoms. The quantitative estimate of drug-likeness (QED) is 0.679. The Balaban J connectivity index is 1.66. The maximum absolute atomic E-state index is 13.0. The number of aryl methyl sites for hydroxylation is 2. The number of aromatic nitrogens is 3. The Bertz CT molecular complexity index is 1020. The van der Waals surface area contributed by atoms with Crippen LogP contribution in [0.3, 0.4) is 0 Å². The number of nitrogens with zero attached hydrogens (tertiary/aromatic N) is 4. The molecule has 9 heteroatoms. The molecular formula is C17H18N4O3S2. The van der Waals surface area contributed by atoms with Gasteiger partial charge in [0.1, 0.15) is 10.9 Å². The summed E-state index contributed by atoms with van der Waals surface area (Å²) in [6, 6.07) is 6.45. The van der Waals surface area contributed by atoms with Crippen molar-refractivity contribution < 1.29 is 12.8 Å². The molecule has 136 valence electrons. The van der Waals surface area contributed by atoms with Crippen molar-refractivity contribution in [3.8, 4) is 10.8 Å². The van der Waals surface area contributed by atoms with Crippen LogP contribution in [-0.4, -0.2) is 34.4 Å². The Morgan fingerprint density at radius 3 is 2.65 bits per heavy atom. The molecule has 7 nitrogen and oxygen atoms in total. The molecule has 26 heavy (non-hydrogen) atoms. The summed E-state index contributed by atoms with van der Waals surface area (Å²) in [5.74, 6) is 0.723. The summed E-state index contributed by atoms with van der Waals surface area (Å²) < 4.78 is 33.4. The van der Waals surface area contributed by atoms with Gasteiger partial charge < -0.3 is 4.42 Å². The first-order valence-corrected chi connectivity index (χ1v) is 10.6. The Labute approximate surface area is 155 Å². The summed E-state index contributed by atoms with van der Waals surface area (Å²) in [5, 5.41) is 8.22. The molecule has 4 rings (SSSR count). The fourth-order valence-electron chi connectivity index (χ4n) is 3.09. The summed E-state index contributed by atoms with van der Waals surface area (Å²) in [6.07, 6.45) is 1.42. The van der Waals surface area contributed by atoms with E-state index in [1.165, 1.54) is 15.6 Å². The molecule has 1 atom stereocenters. The molecule has 0 N–H and O–H groups in total. The van der Waals surface area contributed by atoms with E-state index in [9.17, 15) is 8.42 Å². The molecule has 2 aromatic heterocycles. The van der Waals surface area contributed by atoms with Crippen LogP contribution in [0.1, 0.15) is 36.0 Å². The van der Waals surface area contributed by atoms with Crippen LogP contribution in [-0.2, 0) is 10.0 Å². The molecule has 0 saturated carbocycles. The van der Waals surface area contributed by atoms with E-state index in [-0.39, 0.29) is 4.90 Å². The molecule has 1 aromatic carbocycles. The van der Waals surface area contributed by atoms with Crippen molar-refractivity contribution in [2.24, 2.45) is 0 Å². The van der Waals surface area contributed by atoms with Crippen LogP contribution >= 0.6 is 11.3 Å². The van der Waals surface area contributed by atoms with E-state index in [4.69, 9.17) is 4.42 Å². The molecule has 1 aliphatic heterocycles. The van der Waals surface area contributed by atoms with Crippen LogP contribution in [0.25, 0.3) is 10.8 Å². The lowest BCUT2D eigenvalue weighted by molar-refractivity contribution is 0.332. The minimum Gasteiger partial charge on any atom is -0.418 e. The third-order valence-corrected chi connectivity index (χ3v) is 7.34. The summed E-state index contributed by atoms with van der Waals surface area (Å²) >= 11 is 1.42. The highest BCUT2D eigenvalue weighted by Gasteiger charge is 2.39. The second-order valence-electron chi connectivity index (χ2n) is 6.30. The van der Waals surface area contributed by atoms with Gasteiger partial charge in [0.2, 0.25) is 15.9 Å². The highest BCUT2D eigenvalue weighted by Crippen LogP contribution is 2.37. The third-order valence-electron chi connectivity index (χ3n) is 4.50. The lowest BCUT2D eigenvalue weighted by Gasteiger charge is -2.21. The monoisotopic (exact) mass is 390 g/mol. The van der Waals surface area contributed by atoms with Crippen molar-refractivity contribution >= 4 is 21.4 Å². The van der Waals surface area contributed by atoms with Gasteiger partial charge in [-0.25, -0.2) is 13.4 Å². The highest BCUT2D eigenvalue weighted by atomic mass is 32.2. The molecule has 0 unspecified atom stereocenters. The standard InChI is InChI=1S/C17H18N4O3S2/c1-11-5-7-13(8-6-11)26(22,23)21-9-3-4-14(21)16-19-20-17(24-16)15-12(2)18-10-25-15/h5-8,10,14H,3-4,9H2,1-2H3/t14-/m0/s1. The number of thiazole rings is 1. The first-order valence-electron chi connectivity index (χ1n) is 8.29. The normalized spacial score (nSPS) is 18.5. The molecule has 1 aliphatic rings. The zero-order chi connectivity index (χ0) is 18.3. The average Bonchev–Trinajstić information content (AvgIpc) is 3.34. The van der Waals surface area contributed by atoms with Gasteiger partial charge in [0.05, 0.1) is 16.1 Å². The van der Waals surface area contributed by atoms with Gasteiger partial charge in [0.15, 0.2) is 0 Å². The van der Waals surface area contributed by atoms with Crippen molar-refractivity contribution in [1.29, 1.82) is 0 Å². The van der Waals surface area contributed by atoms with Crippen molar-refractivity contribution in [2.45, 2.75) is 37.6 Å². The van der Waals surface area contributed by atoms with Crippen LogP contribution in [0.2, 0.25) is 0 Å². The second-order valence-corrected chi connectivity index (χ2v) is 9.04. The van der Waals surface area contributed by atoms with Gasteiger partial charge in [-0.2, -0.15) is 4.31 Å². The third kappa shape index (κ3) is 2.95. The first kappa shape index (κ1) is 17.3. The zero-order valence-electron chi connectivity index (χ0n) is 14.4. The van der Waals surface area contributed by atoms with Crippen LogP contribution in [0.5, 0.6) is 0 Å². The van der Waals surface area contributed by atoms with Crippen molar-refractivity contribution in [1.82, 2.24) is 19.5 Å². The Morgan fingerprint density at radius 1 is 1.19 bits per heavy atom. The second kappa shape index (κ2) is 6.57. The van der Waals surface area contributed by atoms with E-state index in [1.807, 2.05) is 13.8 Å². The SMILES string of the molecule is Cc1ccc(S(=O)(=O)N2CCC[C@H]2c2nnc(-c3scnc3C)o2)cc1. The van der Waals surface area contributed by atoms with Gasteiger partial charge >= 0.3 is 0 Å². The number of benzene rings is 1. The van der Waals surface area contributed by atoms with Crippen molar-refractivity contribution in [2.75, 3.05) is 6.54 Å². The molecule has 3 heterocycles. The first-order chi connectivity index (χ1) is 12.5. The lowest BCUT2D eigenvalue weighted by Crippen LogP contribution is -2.30. The molecule has 3 aromatic rings. The van der Waals surface area contributed by atoms with Gasteiger partial charge in [-0.1, -0.05) is 17.7 Å². The summed E-state index contributed by atoms with van der Waals surface area (Å²) in [4.78, 5) is 5.28. The van der Waals surface area contributed by atoms with E-state index in [0.29, 0.717) is 24.7 Å². The molecule has 1 saturated heterocycles. The number of sulfonamides is 1. The van der Waals surface area contributed by atoms with E-state index < -0.39 is 16.1 Å². The van der Waals surface area contributed by atoms with Crippen molar-refractivity contribution in [3.63, 3.8) is 0 Å². The van der Waals surface area contributed by atoms with Crippen LogP contribution in [0.15, 0.2) is 39.1 Å². The van der Waals surface area contributed by atoms with Gasteiger partial charge in [-0.3, -0.25) is 0 Å². The lowest BCUT2D eigenvalue weighted by atomic mass is 10.2. The smallest absolute Gasteiger partial charge is 0.259 e. The van der Waals surface area contributed by atoms with Crippen molar-refractivity contribution in [3.05, 3.63) is 46.9 Å². The Morgan fingerprint density at radius 2 is 1.96 bits per heavy atom. The molecule has 1 fully saturated rings. The topological polar surface area (TPSA) is 89.2 Å². The molecule has 0 bridgehead atoms. The zero-order valence-corrected chi connectivity index (χ0v) is 16.0. The Kier molecular flexibility index (Phi) is 4.37. The number of rotatable bonds is 4. The summed E-state index contributed by atoms with van der Waals surface area (Å²) in [7, 11) is -3.61. The molecule has 0 aliphatic carbocycles. The molecule has 0 amide bonds. The summed E-state index contributed by atoms with van der Waals surface area (Å²) in [6.45, 7) is 4.24. The van der Waals surface area contributed by atoms with Crippen LogP contribution in [0.4, 0.5) is 0 Å². The maximum Gasteiger partial charge on any atom is 0.259 e. The van der Waals surface area contributed by atoms with E-state index in [1.54, 1.807) is 29.8 Å². The van der Waals surface area contributed by atoms with Gasteiger partial charge in [0, 0.05) is 6.54 Å².